The monoisotopic (exact) mass is 641 g/mol. The third kappa shape index (κ3) is 3.75. The van der Waals surface area contributed by atoms with Gasteiger partial charge in [0, 0.05) is 53.3 Å². The molecule has 0 fully saturated rings. The summed E-state index contributed by atoms with van der Waals surface area (Å²) < 4.78 is 7.43. The smallest absolute Gasteiger partial charge is 0.145 e. The highest BCUT2D eigenvalue weighted by Crippen LogP contribution is 2.49. The summed E-state index contributed by atoms with van der Waals surface area (Å²) in [5.41, 5.74) is 7.86. The summed E-state index contributed by atoms with van der Waals surface area (Å²) >= 11 is 1.91. The molecule has 11 rings (SSSR count). The first-order valence-corrected chi connectivity index (χ1v) is 17.5. The number of hydrogen-bond donors (Lipinski definition) is 0. The quantitative estimate of drug-likeness (QED) is 0.188. The number of nitrogens with zero attached hydrogens (tertiary/aromatic N) is 3. The van der Waals surface area contributed by atoms with Gasteiger partial charge in [0.15, 0.2) is 0 Å². The average Bonchev–Trinajstić information content (AvgIpc) is 3.86. The molecule has 0 saturated heterocycles. The fourth-order valence-electron chi connectivity index (χ4n) is 8.02. The Balaban J connectivity index is 1.24. The molecular weight excluding hydrogens is 615 g/mol. The molecule has 0 spiro atoms. The van der Waals surface area contributed by atoms with Crippen molar-refractivity contribution in [1.82, 2.24) is 14.1 Å². The number of thiophene rings is 1. The van der Waals surface area contributed by atoms with Crippen molar-refractivity contribution in [2.24, 2.45) is 0 Å². The average molecular weight is 642 g/mol. The Labute approximate surface area is 285 Å². The Kier molecular flexibility index (Phi) is 5.54. The Morgan fingerprint density at radius 1 is 0.429 bits per heavy atom. The van der Waals surface area contributed by atoms with E-state index in [9.17, 15) is 0 Å². The van der Waals surface area contributed by atoms with Crippen molar-refractivity contribution in [2.75, 3.05) is 0 Å². The number of imidazole rings is 1. The van der Waals surface area contributed by atoms with E-state index in [2.05, 4.69) is 173 Å². The first kappa shape index (κ1) is 26.8. The van der Waals surface area contributed by atoms with Crippen LogP contribution in [0.2, 0.25) is 0 Å². The van der Waals surface area contributed by atoms with Crippen molar-refractivity contribution >= 4 is 85.9 Å². The molecule has 3 aromatic heterocycles. The van der Waals surface area contributed by atoms with Crippen LogP contribution in [0.5, 0.6) is 0 Å². The molecule has 228 valence electrons. The third-order valence-corrected chi connectivity index (χ3v) is 11.3. The summed E-state index contributed by atoms with van der Waals surface area (Å²) in [5.74, 6) is 0.935. The van der Waals surface area contributed by atoms with Crippen LogP contribution in [0.15, 0.2) is 164 Å². The van der Waals surface area contributed by atoms with Gasteiger partial charge in [0.05, 0.1) is 22.1 Å². The van der Waals surface area contributed by atoms with Gasteiger partial charge < -0.3 is 4.57 Å². The van der Waals surface area contributed by atoms with E-state index >= 15 is 0 Å². The predicted octanol–water partition coefficient (Wildman–Crippen LogP) is 12.5. The minimum atomic E-state index is 0.935. The summed E-state index contributed by atoms with van der Waals surface area (Å²) in [7, 11) is 0. The first-order chi connectivity index (χ1) is 24.3. The molecule has 3 heterocycles. The van der Waals surface area contributed by atoms with Gasteiger partial charge in [0.25, 0.3) is 0 Å². The van der Waals surface area contributed by atoms with Gasteiger partial charge in [-0.25, -0.2) is 4.98 Å². The van der Waals surface area contributed by atoms with Crippen LogP contribution in [0.3, 0.4) is 0 Å². The molecule has 49 heavy (non-hydrogen) atoms. The van der Waals surface area contributed by atoms with Crippen molar-refractivity contribution in [2.45, 2.75) is 0 Å². The molecule has 0 radical (unpaired) electrons. The summed E-state index contributed by atoms with van der Waals surface area (Å²) in [6.45, 7) is 0. The van der Waals surface area contributed by atoms with E-state index in [1.807, 2.05) is 11.3 Å². The van der Waals surface area contributed by atoms with Gasteiger partial charge in [0.1, 0.15) is 5.82 Å². The van der Waals surface area contributed by atoms with Crippen LogP contribution < -0.4 is 0 Å². The molecule has 0 aliphatic carbocycles. The zero-order valence-corrected chi connectivity index (χ0v) is 27.2. The van der Waals surface area contributed by atoms with Crippen LogP contribution in [0, 0.1) is 0 Å². The second-order valence-electron chi connectivity index (χ2n) is 12.7. The highest BCUT2D eigenvalue weighted by molar-refractivity contribution is 7.27. The Hall–Kier alpha value is -6.23. The number of fused-ring (bicyclic) bond motifs is 13. The molecule has 11 aromatic rings. The molecule has 0 aliphatic heterocycles. The Bertz CT molecular complexity index is 3090. The minimum Gasteiger partial charge on any atom is -0.309 e. The standard InChI is InChI=1S/C45H27N3S/c1-2-13-30(14-3-1)48-37-20-10-9-19-36(37)46-45(48)29-22-25-31(26-23-29)47-38-27-24-28-12-4-5-15-32(28)41(38)42-43(47)34-17-7-6-16-33(34)40-35-18-8-11-21-39(35)49-44(40)42/h1-27H. The number of hydrogen-bond acceptors (Lipinski definition) is 2. The topological polar surface area (TPSA) is 22.8 Å². The van der Waals surface area contributed by atoms with Gasteiger partial charge in [0.2, 0.25) is 0 Å². The molecule has 0 atom stereocenters. The van der Waals surface area contributed by atoms with Crippen molar-refractivity contribution in [3.8, 4) is 22.8 Å². The van der Waals surface area contributed by atoms with Crippen LogP contribution in [0.1, 0.15) is 0 Å². The fraction of sp³-hybridized carbons (Fsp3) is 0. The zero-order valence-electron chi connectivity index (χ0n) is 26.3. The van der Waals surface area contributed by atoms with Gasteiger partial charge in [-0.1, -0.05) is 103 Å². The van der Waals surface area contributed by atoms with E-state index in [4.69, 9.17) is 4.98 Å². The number of benzene rings is 8. The second-order valence-corrected chi connectivity index (χ2v) is 13.8. The number of para-hydroxylation sites is 3. The molecule has 0 bridgehead atoms. The molecule has 8 aromatic carbocycles. The van der Waals surface area contributed by atoms with Crippen LogP contribution in [0.4, 0.5) is 0 Å². The van der Waals surface area contributed by atoms with E-state index in [0.29, 0.717) is 0 Å². The van der Waals surface area contributed by atoms with Crippen molar-refractivity contribution < 1.29 is 0 Å². The molecule has 0 saturated carbocycles. The van der Waals surface area contributed by atoms with Gasteiger partial charge in [-0.15, -0.1) is 11.3 Å². The highest BCUT2D eigenvalue weighted by atomic mass is 32.1. The highest BCUT2D eigenvalue weighted by Gasteiger charge is 2.23. The molecule has 3 nitrogen and oxygen atoms in total. The van der Waals surface area contributed by atoms with E-state index in [-0.39, 0.29) is 0 Å². The lowest BCUT2D eigenvalue weighted by Crippen LogP contribution is -1.98. The maximum atomic E-state index is 5.14. The van der Waals surface area contributed by atoms with E-state index in [0.717, 1.165) is 33.8 Å². The van der Waals surface area contributed by atoms with Gasteiger partial charge in [-0.2, -0.15) is 0 Å². The SMILES string of the molecule is c1ccc(-n2c(-c3ccc(-n4c5ccc6ccccc6c5c5c6sc7ccccc7c6c6ccccc6c54)cc3)nc3ccccc32)cc1. The summed E-state index contributed by atoms with van der Waals surface area (Å²) in [5, 5.41) is 10.4. The van der Waals surface area contributed by atoms with Gasteiger partial charge >= 0.3 is 0 Å². The second kappa shape index (κ2) is 10.1. The van der Waals surface area contributed by atoms with Crippen molar-refractivity contribution in [3.05, 3.63) is 164 Å². The molecule has 4 heteroatoms. The molecular formula is C45H27N3S. The molecule has 0 N–H and O–H groups in total. The summed E-state index contributed by atoms with van der Waals surface area (Å²) in [6.07, 6.45) is 0. The maximum Gasteiger partial charge on any atom is 0.145 e. The molecule has 0 amide bonds. The summed E-state index contributed by atoms with van der Waals surface area (Å²) in [4.78, 5) is 5.14. The zero-order chi connectivity index (χ0) is 32.1. The number of aromatic nitrogens is 3. The summed E-state index contributed by atoms with van der Waals surface area (Å²) in [6, 6.07) is 59.1. The number of rotatable bonds is 3. The maximum absolute atomic E-state index is 5.14. The minimum absolute atomic E-state index is 0.935. The van der Waals surface area contributed by atoms with Crippen LogP contribution in [0.25, 0.3) is 97.3 Å². The Morgan fingerprint density at radius 3 is 1.96 bits per heavy atom. The van der Waals surface area contributed by atoms with E-state index in [1.54, 1.807) is 0 Å². The fourth-order valence-corrected chi connectivity index (χ4v) is 9.29. The molecule has 0 unspecified atom stereocenters. The first-order valence-electron chi connectivity index (χ1n) is 16.6. The molecule has 0 aliphatic rings. The lowest BCUT2D eigenvalue weighted by molar-refractivity contribution is 1.10. The van der Waals surface area contributed by atoms with Crippen LogP contribution >= 0.6 is 11.3 Å². The normalized spacial score (nSPS) is 12.1. The predicted molar refractivity (Wildman–Crippen MR) is 209 cm³/mol. The van der Waals surface area contributed by atoms with E-state index < -0.39 is 0 Å². The van der Waals surface area contributed by atoms with Crippen molar-refractivity contribution in [3.63, 3.8) is 0 Å². The largest absolute Gasteiger partial charge is 0.309 e. The Morgan fingerprint density at radius 2 is 1.10 bits per heavy atom. The lowest BCUT2D eigenvalue weighted by Gasteiger charge is -2.13. The van der Waals surface area contributed by atoms with Crippen LogP contribution in [-0.2, 0) is 0 Å². The van der Waals surface area contributed by atoms with Gasteiger partial charge in [-0.3, -0.25) is 4.57 Å². The van der Waals surface area contributed by atoms with E-state index in [1.165, 1.54) is 63.5 Å². The third-order valence-electron chi connectivity index (χ3n) is 10.1. The lowest BCUT2D eigenvalue weighted by atomic mass is 9.98. The van der Waals surface area contributed by atoms with Crippen LogP contribution in [-0.4, -0.2) is 14.1 Å². The van der Waals surface area contributed by atoms with Gasteiger partial charge in [-0.05, 0) is 76.8 Å². The van der Waals surface area contributed by atoms with Crippen molar-refractivity contribution in [1.29, 1.82) is 0 Å².